The molecule has 0 aliphatic rings. The molecule has 1 N–H and O–H groups in total. The summed E-state index contributed by atoms with van der Waals surface area (Å²) < 4.78 is 5.03. The zero-order chi connectivity index (χ0) is 15.4. The van der Waals surface area contributed by atoms with Crippen molar-refractivity contribution in [3.05, 3.63) is 66.1 Å². The molecule has 3 rings (SSSR count). The Morgan fingerprint density at radius 2 is 2.18 bits per heavy atom. The Kier molecular flexibility index (Phi) is 3.96. The van der Waals surface area contributed by atoms with Gasteiger partial charge in [-0.2, -0.15) is 5.10 Å². The lowest BCUT2D eigenvalue weighted by Crippen LogP contribution is -2.02. The van der Waals surface area contributed by atoms with Crippen LogP contribution in [0.3, 0.4) is 0 Å². The van der Waals surface area contributed by atoms with Crippen molar-refractivity contribution in [2.75, 3.05) is 6.61 Å². The number of nitrogens with one attached hydrogen (secondary N) is 1. The molecule has 5 heteroatoms. The van der Waals surface area contributed by atoms with Crippen LogP contribution in [0.25, 0.3) is 16.5 Å². The molecule has 0 saturated carbocycles. The summed E-state index contributed by atoms with van der Waals surface area (Å²) in [4.78, 5) is 16.0. The molecular formula is C17H15N3O2. The van der Waals surface area contributed by atoms with Gasteiger partial charge in [-0.1, -0.05) is 18.2 Å². The van der Waals surface area contributed by atoms with Crippen LogP contribution in [0.15, 0.2) is 55.0 Å². The number of ether oxygens (including phenoxy) is 1. The predicted octanol–water partition coefficient (Wildman–Crippen LogP) is 2.95. The number of carbonyl (C=O) groups excluding carboxylic acids is 1. The van der Waals surface area contributed by atoms with Gasteiger partial charge in [0.25, 0.3) is 0 Å². The van der Waals surface area contributed by atoms with Crippen LogP contribution in [-0.2, 0) is 9.53 Å². The van der Waals surface area contributed by atoms with E-state index in [9.17, 15) is 4.79 Å². The van der Waals surface area contributed by atoms with Gasteiger partial charge in [0.1, 0.15) is 0 Å². The summed E-state index contributed by atoms with van der Waals surface area (Å²) in [7, 11) is 0. The minimum atomic E-state index is -0.369. The second-order valence-electron chi connectivity index (χ2n) is 4.72. The number of nitrogens with zero attached hydrogens (tertiary/aromatic N) is 2. The highest BCUT2D eigenvalue weighted by molar-refractivity contribution is 5.97. The van der Waals surface area contributed by atoms with Gasteiger partial charge in [0.2, 0.25) is 0 Å². The first-order valence-corrected chi connectivity index (χ1v) is 7.00. The van der Waals surface area contributed by atoms with E-state index in [1.165, 1.54) is 6.08 Å². The fraction of sp³-hybridized carbons (Fsp3) is 0.118. The molecule has 0 amide bonds. The molecule has 0 spiro atoms. The summed E-state index contributed by atoms with van der Waals surface area (Å²) in [6, 6.07) is 9.62. The molecular weight excluding hydrogens is 278 g/mol. The first kappa shape index (κ1) is 14.0. The number of benzene rings is 1. The molecule has 0 aliphatic carbocycles. The van der Waals surface area contributed by atoms with Crippen molar-refractivity contribution in [1.82, 2.24) is 15.2 Å². The van der Waals surface area contributed by atoms with E-state index in [0.717, 1.165) is 27.6 Å². The molecule has 2 aromatic heterocycles. The zero-order valence-electron chi connectivity index (χ0n) is 12.1. The van der Waals surface area contributed by atoms with E-state index in [2.05, 4.69) is 15.2 Å². The number of aromatic amines is 1. The average molecular weight is 293 g/mol. The maximum Gasteiger partial charge on any atom is 0.331 e. The van der Waals surface area contributed by atoms with Gasteiger partial charge >= 0.3 is 5.97 Å². The summed E-state index contributed by atoms with van der Waals surface area (Å²) in [5.41, 5.74) is 3.44. The molecule has 0 saturated heterocycles. The third kappa shape index (κ3) is 2.88. The van der Waals surface area contributed by atoms with Crippen molar-refractivity contribution >= 4 is 22.4 Å². The monoisotopic (exact) mass is 293 g/mol. The van der Waals surface area contributed by atoms with Crippen molar-refractivity contribution in [3.63, 3.8) is 0 Å². The van der Waals surface area contributed by atoms with Crippen LogP contribution in [-0.4, -0.2) is 27.8 Å². The van der Waals surface area contributed by atoms with Crippen LogP contribution < -0.4 is 0 Å². The topological polar surface area (TPSA) is 67.9 Å². The molecule has 0 bridgehead atoms. The molecule has 2 heterocycles. The van der Waals surface area contributed by atoms with Crippen LogP contribution in [0.2, 0.25) is 0 Å². The SMILES string of the molecule is CCOC(=O)C=C(c1cccnc1)c1ccc2cn[nH]c2c1. The minimum Gasteiger partial charge on any atom is -0.463 e. The van der Waals surface area contributed by atoms with Gasteiger partial charge in [-0.15, -0.1) is 0 Å². The van der Waals surface area contributed by atoms with Crippen molar-refractivity contribution in [2.24, 2.45) is 0 Å². The van der Waals surface area contributed by atoms with E-state index in [1.54, 1.807) is 25.5 Å². The summed E-state index contributed by atoms with van der Waals surface area (Å²) in [5.74, 6) is -0.369. The van der Waals surface area contributed by atoms with Gasteiger partial charge in [0, 0.05) is 29.4 Å². The fourth-order valence-corrected chi connectivity index (χ4v) is 2.26. The lowest BCUT2D eigenvalue weighted by Gasteiger charge is -2.08. The fourth-order valence-electron chi connectivity index (χ4n) is 2.26. The Labute approximate surface area is 127 Å². The third-order valence-electron chi connectivity index (χ3n) is 3.27. The molecule has 3 aromatic rings. The highest BCUT2D eigenvalue weighted by Gasteiger charge is 2.10. The molecule has 0 fully saturated rings. The smallest absolute Gasteiger partial charge is 0.331 e. The Balaban J connectivity index is 2.10. The van der Waals surface area contributed by atoms with E-state index in [4.69, 9.17) is 4.74 Å². The molecule has 22 heavy (non-hydrogen) atoms. The average Bonchev–Trinajstić information content (AvgIpc) is 3.01. The van der Waals surface area contributed by atoms with Crippen LogP contribution in [0.4, 0.5) is 0 Å². The normalized spacial score (nSPS) is 11.6. The van der Waals surface area contributed by atoms with Gasteiger partial charge in [-0.25, -0.2) is 4.79 Å². The van der Waals surface area contributed by atoms with Gasteiger partial charge in [0.15, 0.2) is 0 Å². The summed E-state index contributed by atoms with van der Waals surface area (Å²) >= 11 is 0. The zero-order valence-corrected chi connectivity index (χ0v) is 12.1. The minimum absolute atomic E-state index is 0.342. The Morgan fingerprint density at radius 1 is 1.27 bits per heavy atom. The molecule has 0 aliphatic heterocycles. The van der Waals surface area contributed by atoms with E-state index >= 15 is 0 Å². The van der Waals surface area contributed by atoms with E-state index < -0.39 is 0 Å². The van der Waals surface area contributed by atoms with Crippen molar-refractivity contribution in [2.45, 2.75) is 6.92 Å². The molecule has 0 radical (unpaired) electrons. The number of carbonyl (C=O) groups is 1. The quantitative estimate of drug-likeness (QED) is 0.593. The number of esters is 1. The molecule has 0 atom stereocenters. The van der Waals surface area contributed by atoms with Crippen LogP contribution in [0.5, 0.6) is 0 Å². The first-order chi connectivity index (χ1) is 10.8. The number of hydrogen-bond acceptors (Lipinski definition) is 4. The van der Waals surface area contributed by atoms with Gasteiger partial charge < -0.3 is 4.74 Å². The maximum absolute atomic E-state index is 11.9. The highest BCUT2D eigenvalue weighted by atomic mass is 16.5. The van der Waals surface area contributed by atoms with E-state index in [0.29, 0.717) is 6.61 Å². The largest absolute Gasteiger partial charge is 0.463 e. The summed E-state index contributed by atoms with van der Waals surface area (Å²) in [5, 5.41) is 7.97. The predicted molar refractivity (Wildman–Crippen MR) is 84.0 cm³/mol. The molecule has 5 nitrogen and oxygen atoms in total. The standard InChI is InChI=1S/C17H15N3O2/c1-2-22-17(21)9-15(13-4-3-7-18-10-13)12-5-6-14-11-19-20-16(14)8-12/h3-11H,2H2,1H3,(H,19,20). The van der Waals surface area contributed by atoms with E-state index in [1.807, 2.05) is 30.3 Å². The first-order valence-electron chi connectivity index (χ1n) is 7.00. The Hall–Kier alpha value is -2.95. The number of fused-ring (bicyclic) bond motifs is 1. The summed E-state index contributed by atoms with van der Waals surface area (Å²) in [6.07, 6.45) is 6.68. The van der Waals surface area contributed by atoms with Gasteiger partial charge in [-0.05, 0) is 30.2 Å². The maximum atomic E-state index is 11.9. The van der Waals surface area contributed by atoms with Gasteiger partial charge in [-0.3, -0.25) is 10.1 Å². The number of aromatic nitrogens is 3. The number of H-pyrrole nitrogens is 1. The number of hydrogen-bond donors (Lipinski definition) is 1. The highest BCUT2D eigenvalue weighted by Crippen LogP contribution is 2.25. The van der Waals surface area contributed by atoms with Crippen molar-refractivity contribution in [1.29, 1.82) is 0 Å². The second-order valence-corrected chi connectivity index (χ2v) is 4.72. The second kappa shape index (κ2) is 6.22. The lowest BCUT2D eigenvalue weighted by molar-refractivity contribution is -0.137. The number of pyridine rings is 1. The van der Waals surface area contributed by atoms with Crippen molar-refractivity contribution < 1.29 is 9.53 Å². The van der Waals surface area contributed by atoms with Crippen molar-refractivity contribution in [3.8, 4) is 0 Å². The Bertz CT molecular complexity index is 822. The van der Waals surface area contributed by atoms with Gasteiger partial charge in [0.05, 0.1) is 18.3 Å². The molecule has 1 aromatic carbocycles. The van der Waals surface area contributed by atoms with Crippen LogP contribution in [0.1, 0.15) is 18.1 Å². The molecule has 110 valence electrons. The van der Waals surface area contributed by atoms with E-state index in [-0.39, 0.29) is 5.97 Å². The Morgan fingerprint density at radius 3 is 2.95 bits per heavy atom. The van der Waals surface area contributed by atoms with Crippen LogP contribution >= 0.6 is 0 Å². The molecule has 0 unspecified atom stereocenters. The lowest BCUT2D eigenvalue weighted by atomic mass is 9.98. The third-order valence-corrected chi connectivity index (χ3v) is 3.27. The summed E-state index contributed by atoms with van der Waals surface area (Å²) in [6.45, 7) is 2.13. The van der Waals surface area contributed by atoms with Crippen LogP contribution in [0, 0.1) is 0 Å². The number of rotatable bonds is 4.